The Hall–Kier alpha value is -1.74. The first-order valence-corrected chi connectivity index (χ1v) is 14.5. The molecule has 2 aromatic rings. The maximum Gasteiger partial charge on any atom is 0.261 e. The van der Waals surface area contributed by atoms with Gasteiger partial charge in [-0.1, -0.05) is 41.5 Å². The molecule has 4 rings (SSSR count). The lowest BCUT2D eigenvalue weighted by atomic mass is 9.99. The SMILES string of the molecule is CC(C)[Si](Oc1ccc2ncn(CC3(O)C[C@@H]4NCCC[C@@H]4O3)c(=O)c2c1)(C(C)C)C(C)C. The highest BCUT2D eigenvalue weighted by atomic mass is 28.4. The minimum Gasteiger partial charge on any atom is -0.543 e. The first-order valence-electron chi connectivity index (χ1n) is 12.4. The first kappa shape index (κ1) is 24.4. The van der Waals surface area contributed by atoms with Crippen LogP contribution >= 0.6 is 0 Å². The normalized spacial score (nSPS) is 25.9. The predicted molar refractivity (Wildman–Crippen MR) is 133 cm³/mol. The number of ether oxygens (including phenoxy) is 1. The molecule has 182 valence electrons. The Kier molecular flexibility index (Phi) is 6.75. The zero-order valence-electron chi connectivity index (χ0n) is 20.8. The summed E-state index contributed by atoms with van der Waals surface area (Å²) in [6, 6.07) is 5.75. The van der Waals surface area contributed by atoms with Crippen LogP contribution in [0.5, 0.6) is 5.75 Å². The highest BCUT2D eigenvalue weighted by Crippen LogP contribution is 2.43. The summed E-state index contributed by atoms with van der Waals surface area (Å²) in [5, 5.41) is 15.0. The Morgan fingerprint density at radius 1 is 1.24 bits per heavy atom. The summed E-state index contributed by atoms with van der Waals surface area (Å²) in [4.78, 5) is 17.9. The number of aliphatic hydroxyl groups is 1. The molecule has 7 nitrogen and oxygen atoms in total. The predicted octanol–water partition coefficient (Wildman–Crippen LogP) is 4.18. The van der Waals surface area contributed by atoms with Crippen LogP contribution in [0.4, 0.5) is 0 Å². The number of benzene rings is 1. The molecule has 8 heteroatoms. The standard InChI is InChI=1S/C25H39N3O4Si/c1-16(2)33(17(3)4,18(5)6)32-19-9-10-21-20(12-19)24(29)28(15-27-21)14-25(30)13-22-23(31-25)8-7-11-26-22/h9-10,12,15-18,22-23,26,30H,7-8,11,13-14H2,1-6H3/t22-,23-,25?/m0/s1. The van der Waals surface area contributed by atoms with Gasteiger partial charge in [0, 0.05) is 12.5 Å². The fourth-order valence-corrected chi connectivity index (χ4v) is 11.4. The van der Waals surface area contributed by atoms with Crippen molar-refractivity contribution in [2.45, 2.75) is 102 Å². The van der Waals surface area contributed by atoms with E-state index in [2.05, 4.69) is 51.8 Å². The molecule has 3 heterocycles. The van der Waals surface area contributed by atoms with Crippen molar-refractivity contribution in [1.82, 2.24) is 14.9 Å². The van der Waals surface area contributed by atoms with Crippen molar-refractivity contribution in [3.8, 4) is 5.75 Å². The number of fused-ring (bicyclic) bond motifs is 2. The maximum atomic E-state index is 13.4. The summed E-state index contributed by atoms with van der Waals surface area (Å²) in [5.41, 5.74) is 1.75. The number of hydrogen-bond donors (Lipinski definition) is 2. The molecule has 2 aliphatic rings. The van der Waals surface area contributed by atoms with Crippen LogP contribution in [-0.2, 0) is 11.3 Å². The molecule has 0 aliphatic carbocycles. The third-order valence-corrected chi connectivity index (χ3v) is 13.6. The number of hydrogen-bond acceptors (Lipinski definition) is 6. The van der Waals surface area contributed by atoms with Crippen LogP contribution in [0.25, 0.3) is 10.9 Å². The van der Waals surface area contributed by atoms with Crippen molar-refractivity contribution < 1.29 is 14.3 Å². The largest absolute Gasteiger partial charge is 0.543 e. The van der Waals surface area contributed by atoms with E-state index in [9.17, 15) is 9.90 Å². The van der Waals surface area contributed by atoms with E-state index in [1.807, 2.05) is 18.2 Å². The van der Waals surface area contributed by atoms with Gasteiger partial charge in [-0.05, 0) is 54.2 Å². The van der Waals surface area contributed by atoms with E-state index in [0.717, 1.165) is 25.1 Å². The van der Waals surface area contributed by atoms with Gasteiger partial charge in [0.1, 0.15) is 5.75 Å². The second-order valence-electron chi connectivity index (χ2n) is 10.8. The van der Waals surface area contributed by atoms with E-state index in [1.165, 1.54) is 10.9 Å². The molecular formula is C25H39N3O4Si. The van der Waals surface area contributed by atoms with Crippen LogP contribution in [0.1, 0.15) is 60.8 Å². The van der Waals surface area contributed by atoms with Crippen LogP contribution in [0.3, 0.4) is 0 Å². The molecule has 1 unspecified atom stereocenters. The lowest BCUT2D eigenvalue weighted by Gasteiger charge is -2.42. The average Bonchev–Trinajstić information content (AvgIpc) is 3.09. The molecule has 2 saturated heterocycles. The minimum atomic E-state index is -2.14. The van der Waals surface area contributed by atoms with Gasteiger partial charge in [-0.3, -0.25) is 9.36 Å². The molecule has 33 heavy (non-hydrogen) atoms. The van der Waals surface area contributed by atoms with Crippen molar-refractivity contribution in [3.63, 3.8) is 0 Å². The topological polar surface area (TPSA) is 85.6 Å². The lowest BCUT2D eigenvalue weighted by Crippen LogP contribution is -2.50. The van der Waals surface area contributed by atoms with Gasteiger partial charge in [0.05, 0.1) is 29.9 Å². The van der Waals surface area contributed by atoms with Crippen LogP contribution in [0, 0.1) is 0 Å². The van der Waals surface area contributed by atoms with Gasteiger partial charge in [-0.25, -0.2) is 4.98 Å². The third kappa shape index (κ3) is 4.50. The van der Waals surface area contributed by atoms with Gasteiger partial charge in [0.25, 0.3) is 13.9 Å². The maximum absolute atomic E-state index is 13.4. The molecule has 0 spiro atoms. The summed E-state index contributed by atoms with van der Waals surface area (Å²) in [5.74, 6) is -0.637. The Morgan fingerprint density at radius 2 is 1.94 bits per heavy atom. The molecule has 0 bridgehead atoms. The van der Waals surface area contributed by atoms with Crippen molar-refractivity contribution >= 4 is 19.2 Å². The molecule has 3 atom stereocenters. The Labute approximate surface area is 197 Å². The molecular weight excluding hydrogens is 434 g/mol. The van der Waals surface area contributed by atoms with E-state index < -0.39 is 14.1 Å². The van der Waals surface area contributed by atoms with Crippen LogP contribution in [-0.4, -0.2) is 47.5 Å². The summed E-state index contributed by atoms with van der Waals surface area (Å²) in [6.07, 6.45) is 3.94. The third-order valence-electron chi connectivity index (χ3n) is 7.64. The van der Waals surface area contributed by atoms with E-state index in [0.29, 0.717) is 33.9 Å². The highest BCUT2D eigenvalue weighted by Gasteiger charge is 2.48. The van der Waals surface area contributed by atoms with Crippen molar-refractivity contribution in [1.29, 1.82) is 0 Å². The van der Waals surface area contributed by atoms with Crippen molar-refractivity contribution in [2.24, 2.45) is 0 Å². The number of nitrogens with zero attached hydrogens (tertiary/aromatic N) is 2. The van der Waals surface area contributed by atoms with E-state index >= 15 is 0 Å². The molecule has 0 radical (unpaired) electrons. The van der Waals surface area contributed by atoms with Gasteiger partial charge in [-0.2, -0.15) is 0 Å². The van der Waals surface area contributed by atoms with Gasteiger partial charge in [0.2, 0.25) is 0 Å². The minimum absolute atomic E-state index is 0.00551. The number of rotatable bonds is 7. The fraction of sp³-hybridized carbons (Fsp3) is 0.680. The van der Waals surface area contributed by atoms with E-state index in [4.69, 9.17) is 9.16 Å². The quantitative estimate of drug-likeness (QED) is 0.587. The van der Waals surface area contributed by atoms with Gasteiger partial charge >= 0.3 is 0 Å². The van der Waals surface area contributed by atoms with Crippen LogP contribution in [0.2, 0.25) is 16.6 Å². The monoisotopic (exact) mass is 473 g/mol. The fourth-order valence-electron chi connectivity index (χ4n) is 6.18. The number of nitrogens with one attached hydrogen (secondary N) is 1. The molecule has 1 aromatic carbocycles. The number of aromatic nitrogens is 2. The lowest BCUT2D eigenvalue weighted by molar-refractivity contribution is -0.202. The molecule has 2 N–H and O–H groups in total. The summed E-state index contributed by atoms with van der Waals surface area (Å²) in [6.45, 7) is 14.5. The second kappa shape index (κ2) is 9.13. The van der Waals surface area contributed by atoms with E-state index in [-0.39, 0.29) is 24.2 Å². The second-order valence-corrected chi connectivity index (χ2v) is 16.2. The summed E-state index contributed by atoms with van der Waals surface area (Å²) in [7, 11) is -2.14. The zero-order valence-corrected chi connectivity index (χ0v) is 21.8. The van der Waals surface area contributed by atoms with Crippen molar-refractivity contribution in [2.75, 3.05) is 6.54 Å². The zero-order chi connectivity index (χ0) is 24.0. The Balaban J connectivity index is 1.64. The number of piperidine rings is 1. The smallest absolute Gasteiger partial charge is 0.261 e. The molecule has 0 amide bonds. The van der Waals surface area contributed by atoms with Gasteiger partial charge in [-0.15, -0.1) is 0 Å². The summed E-state index contributed by atoms with van der Waals surface area (Å²) >= 11 is 0. The molecule has 1 aromatic heterocycles. The highest BCUT2D eigenvalue weighted by molar-refractivity contribution is 6.78. The Morgan fingerprint density at radius 3 is 2.58 bits per heavy atom. The molecule has 0 saturated carbocycles. The average molecular weight is 474 g/mol. The van der Waals surface area contributed by atoms with Crippen LogP contribution < -0.4 is 15.3 Å². The molecule has 2 fully saturated rings. The van der Waals surface area contributed by atoms with Crippen molar-refractivity contribution in [3.05, 3.63) is 34.9 Å². The van der Waals surface area contributed by atoms with E-state index in [1.54, 1.807) is 0 Å². The van der Waals surface area contributed by atoms with Crippen LogP contribution in [0.15, 0.2) is 29.3 Å². The first-order chi connectivity index (χ1) is 15.6. The molecule has 2 aliphatic heterocycles. The van der Waals surface area contributed by atoms with Gasteiger partial charge < -0.3 is 19.6 Å². The Bertz CT molecular complexity index is 1020. The van der Waals surface area contributed by atoms with Gasteiger partial charge in [0.15, 0.2) is 5.79 Å². The summed E-state index contributed by atoms with van der Waals surface area (Å²) < 4.78 is 14.2.